The lowest BCUT2D eigenvalue weighted by molar-refractivity contribution is -0.137. The summed E-state index contributed by atoms with van der Waals surface area (Å²) in [4.78, 5) is 9.76. The summed E-state index contributed by atoms with van der Waals surface area (Å²) < 4.78 is 0. The average molecular weight is 231 g/mol. The number of aliphatic carboxylic acids is 1. The van der Waals surface area contributed by atoms with Crippen LogP contribution in [0.5, 0.6) is 0 Å². The van der Waals surface area contributed by atoms with E-state index >= 15 is 0 Å². The van der Waals surface area contributed by atoms with Crippen molar-refractivity contribution in [3.05, 3.63) is 0 Å². The molecule has 0 aliphatic heterocycles. The van der Waals surface area contributed by atoms with Gasteiger partial charge in [-0.3, -0.25) is 4.79 Å². The van der Waals surface area contributed by atoms with Crippen molar-refractivity contribution in [2.24, 2.45) is 5.73 Å². The van der Waals surface area contributed by atoms with E-state index in [9.17, 15) is 4.79 Å². The van der Waals surface area contributed by atoms with Crippen molar-refractivity contribution in [3.63, 3.8) is 0 Å². The van der Waals surface area contributed by atoms with Crippen LogP contribution >= 0.6 is 49.8 Å². The van der Waals surface area contributed by atoms with E-state index in [4.69, 9.17) is 10.8 Å². The first kappa shape index (κ1) is 22.4. The maximum absolute atomic E-state index is 9.76. The van der Waals surface area contributed by atoms with Crippen molar-refractivity contribution in [1.29, 1.82) is 0 Å². The van der Waals surface area contributed by atoms with Gasteiger partial charge in [0.15, 0.2) is 0 Å². The summed E-state index contributed by atoms with van der Waals surface area (Å²) in [5, 5.41) is 8.01. The second kappa shape index (κ2) is 12.3. The summed E-state index contributed by atoms with van der Waals surface area (Å²) in [5.74, 6) is -0.815. The summed E-state index contributed by atoms with van der Waals surface area (Å²) in [6.45, 7) is 0. The minimum Gasteiger partial charge on any atom is -0.480 e. The molecule has 0 fully saturated rings. The van der Waals surface area contributed by atoms with Gasteiger partial charge in [-0.05, 0) is 0 Å². The third kappa shape index (κ3) is 11.4. The van der Waals surface area contributed by atoms with Gasteiger partial charge in [0.2, 0.25) is 0 Å². The van der Waals surface area contributed by atoms with Crippen molar-refractivity contribution in [2.75, 3.05) is 5.75 Å². The maximum atomic E-state index is 9.76. The summed E-state index contributed by atoms with van der Waals surface area (Å²) in [6, 6.07) is -0.816. The molecular formula is C3H10Cl3NO2S. The van der Waals surface area contributed by atoms with E-state index in [-0.39, 0.29) is 43.0 Å². The quantitative estimate of drug-likeness (QED) is 0.609. The molecule has 0 aliphatic carbocycles. The van der Waals surface area contributed by atoms with Gasteiger partial charge in [-0.15, -0.1) is 37.2 Å². The fourth-order valence-electron chi connectivity index (χ4n) is 0.0781. The average Bonchev–Trinajstić information content (AvgIpc) is 1.65. The molecule has 0 aromatic heterocycles. The van der Waals surface area contributed by atoms with Crippen LogP contribution in [0.3, 0.4) is 0 Å². The molecule has 1 atom stereocenters. The van der Waals surface area contributed by atoms with Crippen LogP contribution in [0.2, 0.25) is 0 Å². The number of thiol groups is 1. The Labute approximate surface area is 83.4 Å². The van der Waals surface area contributed by atoms with E-state index in [1.165, 1.54) is 0 Å². The Balaban J connectivity index is -0.0000000600. The zero-order valence-electron chi connectivity index (χ0n) is 4.89. The third-order valence-electron chi connectivity index (χ3n) is 0.514. The van der Waals surface area contributed by atoms with Gasteiger partial charge in [0.25, 0.3) is 0 Å². The Morgan fingerprint density at radius 2 is 1.80 bits per heavy atom. The lowest BCUT2D eigenvalue weighted by Gasteiger charge is -1.96. The SMILES string of the molecule is Cl.Cl.Cl.N[C@@H](CS)C(=O)O. The predicted octanol–water partition coefficient (Wildman–Crippen LogP) is 0.594. The van der Waals surface area contributed by atoms with E-state index in [1.54, 1.807) is 0 Å². The standard InChI is InChI=1S/C3H7NO2S.3ClH/c4-2(1-7)3(5)6;;;/h2,7H,1,4H2,(H,5,6);3*1H/t2-;;;/m0.../s1. The summed E-state index contributed by atoms with van der Waals surface area (Å²) in [7, 11) is 0. The van der Waals surface area contributed by atoms with Gasteiger partial charge in [0.05, 0.1) is 0 Å². The molecule has 66 valence electrons. The number of rotatable bonds is 2. The van der Waals surface area contributed by atoms with E-state index in [2.05, 4.69) is 12.6 Å². The summed E-state index contributed by atoms with van der Waals surface area (Å²) >= 11 is 3.65. The van der Waals surface area contributed by atoms with Crippen LogP contribution in [0, 0.1) is 0 Å². The molecule has 0 radical (unpaired) electrons. The fourth-order valence-corrected chi connectivity index (χ4v) is 0.234. The van der Waals surface area contributed by atoms with Crippen LogP contribution in [-0.4, -0.2) is 22.9 Å². The normalized spacial score (nSPS) is 9.40. The molecule has 0 aromatic carbocycles. The van der Waals surface area contributed by atoms with E-state index in [1.807, 2.05) is 0 Å². The zero-order chi connectivity index (χ0) is 5.86. The highest BCUT2D eigenvalue weighted by molar-refractivity contribution is 7.80. The second-order valence-electron chi connectivity index (χ2n) is 1.13. The fraction of sp³-hybridized carbons (Fsp3) is 0.667. The number of carboxylic acids is 1. The molecule has 0 saturated heterocycles. The Bertz CT molecular complexity index is 84.1. The van der Waals surface area contributed by atoms with Crippen molar-refractivity contribution < 1.29 is 9.90 Å². The van der Waals surface area contributed by atoms with E-state index in [0.29, 0.717) is 0 Å². The highest BCUT2D eigenvalue weighted by Crippen LogP contribution is 1.80. The topological polar surface area (TPSA) is 63.3 Å². The molecule has 0 aliphatic rings. The zero-order valence-corrected chi connectivity index (χ0v) is 8.23. The van der Waals surface area contributed by atoms with E-state index < -0.39 is 12.0 Å². The molecule has 0 aromatic rings. The van der Waals surface area contributed by atoms with Gasteiger partial charge in [-0.25, -0.2) is 0 Å². The molecule has 10 heavy (non-hydrogen) atoms. The molecule has 7 heteroatoms. The number of hydrogen-bond donors (Lipinski definition) is 3. The molecule has 0 amide bonds. The smallest absolute Gasteiger partial charge is 0.321 e. The van der Waals surface area contributed by atoms with Crippen molar-refractivity contribution in [2.45, 2.75) is 6.04 Å². The number of hydrogen-bond acceptors (Lipinski definition) is 3. The molecule has 0 spiro atoms. The molecule has 0 rings (SSSR count). The van der Waals surface area contributed by atoms with Crippen LogP contribution < -0.4 is 5.73 Å². The molecule has 0 unspecified atom stereocenters. The molecule has 0 heterocycles. The van der Waals surface area contributed by atoms with Crippen molar-refractivity contribution >= 4 is 55.8 Å². The molecule has 3 N–H and O–H groups in total. The van der Waals surface area contributed by atoms with Gasteiger partial charge in [0, 0.05) is 5.75 Å². The lowest BCUT2D eigenvalue weighted by atomic mass is 10.4. The third-order valence-corrected chi connectivity index (χ3v) is 0.907. The minimum absolute atomic E-state index is 0. The number of carbonyl (C=O) groups is 1. The van der Waals surface area contributed by atoms with Crippen LogP contribution in [0.25, 0.3) is 0 Å². The number of carboxylic acid groups (broad SMARTS) is 1. The first-order chi connectivity index (χ1) is 3.18. The Morgan fingerprint density at radius 1 is 1.50 bits per heavy atom. The highest BCUT2D eigenvalue weighted by Gasteiger charge is 2.06. The van der Waals surface area contributed by atoms with Gasteiger partial charge in [-0.2, -0.15) is 12.6 Å². The first-order valence-electron chi connectivity index (χ1n) is 1.77. The van der Waals surface area contributed by atoms with Gasteiger partial charge >= 0.3 is 5.97 Å². The Hall–Kier alpha value is 0.650. The first-order valence-corrected chi connectivity index (χ1v) is 2.41. The van der Waals surface area contributed by atoms with Crippen LogP contribution in [-0.2, 0) is 4.79 Å². The highest BCUT2D eigenvalue weighted by atomic mass is 35.5. The number of nitrogens with two attached hydrogens (primary N) is 1. The Kier molecular flexibility index (Phi) is 27.7. The van der Waals surface area contributed by atoms with Gasteiger partial charge in [-0.1, -0.05) is 0 Å². The van der Waals surface area contributed by atoms with Crippen LogP contribution in [0.15, 0.2) is 0 Å². The predicted molar refractivity (Wildman–Crippen MR) is 51.2 cm³/mol. The maximum Gasteiger partial charge on any atom is 0.321 e. The molecule has 0 bridgehead atoms. The van der Waals surface area contributed by atoms with Gasteiger partial charge in [0.1, 0.15) is 6.04 Å². The summed E-state index contributed by atoms with van der Waals surface area (Å²) in [6.07, 6.45) is 0. The molecule has 0 saturated carbocycles. The molecule has 3 nitrogen and oxygen atoms in total. The Morgan fingerprint density at radius 3 is 1.80 bits per heavy atom. The van der Waals surface area contributed by atoms with Crippen molar-refractivity contribution in [1.82, 2.24) is 0 Å². The van der Waals surface area contributed by atoms with Crippen molar-refractivity contribution in [3.8, 4) is 0 Å². The second-order valence-corrected chi connectivity index (χ2v) is 1.49. The van der Waals surface area contributed by atoms with E-state index in [0.717, 1.165) is 0 Å². The van der Waals surface area contributed by atoms with Crippen LogP contribution in [0.4, 0.5) is 0 Å². The van der Waals surface area contributed by atoms with Gasteiger partial charge < -0.3 is 10.8 Å². The number of halogens is 3. The summed E-state index contributed by atoms with van der Waals surface area (Å²) in [5.41, 5.74) is 4.94. The minimum atomic E-state index is -1.00. The van der Waals surface area contributed by atoms with Crippen LogP contribution in [0.1, 0.15) is 0 Å². The lowest BCUT2D eigenvalue weighted by Crippen LogP contribution is -2.31. The monoisotopic (exact) mass is 229 g/mol. The molecular weight excluding hydrogens is 220 g/mol. The largest absolute Gasteiger partial charge is 0.480 e.